The minimum Gasteiger partial charge on any atom is -0.388 e. The molecule has 6 nitrogen and oxygen atoms in total. The van der Waals surface area contributed by atoms with Crippen LogP contribution >= 0.6 is 21.6 Å². The molecule has 0 radical (unpaired) electrons. The van der Waals surface area contributed by atoms with Crippen LogP contribution in [0.4, 0.5) is 0 Å². The number of esters is 3. The third kappa shape index (κ3) is 18.9. The number of rotatable bonds is 17. The predicted octanol–water partition coefficient (Wildman–Crippen LogP) is 5.70. The van der Waals surface area contributed by atoms with E-state index in [1.54, 1.807) is 0 Å². The lowest BCUT2D eigenvalue weighted by Crippen LogP contribution is -2.43. The summed E-state index contributed by atoms with van der Waals surface area (Å²) in [5.74, 6) is -3.96. The second-order valence-electron chi connectivity index (χ2n) is 7.25. The molecule has 8 heteroatoms. The Balaban J connectivity index is 0. The number of hydrogen-bond donors (Lipinski definition) is 0. The Morgan fingerprint density at radius 3 is 1.14 bits per heavy atom. The highest BCUT2D eigenvalue weighted by atomic mass is 35.5. The van der Waals surface area contributed by atoms with Crippen molar-refractivity contribution in [3.05, 3.63) is 0 Å². The van der Waals surface area contributed by atoms with Crippen LogP contribution in [-0.4, -0.2) is 30.0 Å². The van der Waals surface area contributed by atoms with Crippen molar-refractivity contribution in [1.29, 1.82) is 0 Å². The largest absolute Gasteiger partial charge is 0.423 e. The second kappa shape index (κ2) is 19.1. The number of carbonyl (C=O) groups excluding carboxylic acids is 3. The fourth-order valence-electron chi connectivity index (χ4n) is 3.13. The van der Waals surface area contributed by atoms with Gasteiger partial charge in [0.25, 0.3) is 0 Å². The van der Waals surface area contributed by atoms with Gasteiger partial charge in [-0.25, -0.2) is 0 Å². The molecular weight excluding hydrogens is 415 g/mol. The molecule has 0 bridgehead atoms. The molecule has 29 heavy (non-hydrogen) atoms. The number of halogens is 1. The van der Waals surface area contributed by atoms with Gasteiger partial charge in [-0.3, -0.25) is 14.4 Å². The summed E-state index contributed by atoms with van der Waals surface area (Å²) in [4.78, 5) is 34.1. The van der Waals surface area contributed by atoms with E-state index >= 15 is 0 Å². The lowest BCUT2D eigenvalue weighted by molar-refractivity contribution is -0.330. The first-order chi connectivity index (χ1) is 13.3. The smallest absolute Gasteiger partial charge is 0.388 e. The van der Waals surface area contributed by atoms with Crippen molar-refractivity contribution in [2.24, 2.45) is 0 Å². The highest BCUT2D eigenvalue weighted by Crippen LogP contribution is 2.25. The van der Waals surface area contributed by atoms with Gasteiger partial charge in [0.05, 0.1) is 6.42 Å². The molecule has 1 unspecified atom stereocenters. The summed E-state index contributed by atoms with van der Waals surface area (Å²) in [7, 11) is 2.78. The summed E-state index contributed by atoms with van der Waals surface area (Å²) in [6.45, 7) is 3.56. The van der Waals surface area contributed by atoms with Crippen LogP contribution in [0.2, 0.25) is 0 Å². The Hall–Kier alpha value is -0.870. The van der Waals surface area contributed by atoms with Crippen molar-refractivity contribution in [1.82, 2.24) is 0 Å². The van der Waals surface area contributed by atoms with Gasteiger partial charge in [-0.05, 0) is 19.0 Å². The minimum atomic E-state index is -1.94. The molecule has 0 aliphatic heterocycles. The first kappa shape index (κ1) is 30.3. The van der Waals surface area contributed by atoms with Crippen LogP contribution in [0.1, 0.15) is 104 Å². The zero-order chi connectivity index (χ0) is 21.3. The van der Waals surface area contributed by atoms with E-state index in [4.69, 9.17) is 14.2 Å². The molecule has 0 aliphatic rings. The molecule has 0 amide bonds. The van der Waals surface area contributed by atoms with Gasteiger partial charge in [-0.15, -0.1) is 21.6 Å². The van der Waals surface area contributed by atoms with Crippen LogP contribution in [0.25, 0.3) is 0 Å². The van der Waals surface area contributed by atoms with Gasteiger partial charge in [0.1, 0.15) is 0 Å². The molecule has 0 saturated carbocycles. The molecule has 0 spiro atoms. The second-order valence-corrected chi connectivity index (χ2v) is 7.82. The van der Waals surface area contributed by atoms with E-state index in [1.807, 2.05) is 0 Å². The highest BCUT2D eigenvalue weighted by molar-refractivity contribution is 7.16. The first-order valence-electron chi connectivity index (χ1n) is 10.6. The number of carbonyl (C=O) groups is 3. The number of unbranched alkanes of at least 4 members (excludes halogenated alkanes) is 11. The zero-order valence-corrected chi connectivity index (χ0v) is 20.3. The van der Waals surface area contributed by atoms with E-state index < -0.39 is 23.9 Å². The van der Waals surface area contributed by atoms with Crippen LogP contribution in [0, 0.1) is 0 Å². The molecule has 0 aliphatic carbocycles. The monoisotopic (exact) mass is 454 g/mol. The van der Waals surface area contributed by atoms with Gasteiger partial charge in [0.2, 0.25) is 0 Å². The molecule has 0 heterocycles. The summed E-state index contributed by atoms with van der Waals surface area (Å²) in [5, 5.41) is 0. The highest BCUT2D eigenvalue weighted by Gasteiger charge is 2.41. The molecule has 0 N–H and O–H groups in total. The average Bonchev–Trinajstić information content (AvgIpc) is 2.57. The molecule has 0 fully saturated rings. The summed E-state index contributed by atoms with van der Waals surface area (Å²) in [6, 6.07) is 0. The van der Waals surface area contributed by atoms with Crippen molar-refractivity contribution in [2.75, 3.05) is 6.16 Å². The zero-order valence-electron chi connectivity index (χ0n) is 18.3. The molecule has 0 rings (SSSR count). The Labute approximate surface area is 184 Å². The van der Waals surface area contributed by atoms with Crippen LogP contribution in [0.15, 0.2) is 0 Å². The van der Waals surface area contributed by atoms with Gasteiger partial charge in [-0.2, -0.15) is 0 Å². The third-order valence-corrected chi connectivity index (χ3v) is 4.74. The van der Waals surface area contributed by atoms with Crippen molar-refractivity contribution in [3.8, 4) is 0 Å². The molecule has 0 aromatic rings. The predicted molar refractivity (Wildman–Crippen MR) is 120 cm³/mol. The van der Waals surface area contributed by atoms with Gasteiger partial charge < -0.3 is 14.2 Å². The van der Waals surface area contributed by atoms with Crippen LogP contribution in [-0.2, 0) is 28.6 Å². The topological polar surface area (TPSA) is 78.9 Å². The van der Waals surface area contributed by atoms with Gasteiger partial charge >= 0.3 is 23.9 Å². The number of ether oxygens (including phenoxy) is 3. The lowest BCUT2D eigenvalue weighted by Gasteiger charge is -2.30. The normalized spacial score (nSPS) is 10.8. The standard InChI is InChI=1S/C21H39O6P.ClH/c1-18(22)25-21(26-19(2)23,27-20(3)24)16-14-12-10-8-6-4-5-7-9-11-13-15-17-28;/h4-17,28H2,1-3H3;1H. The van der Waals surface area contributed by atoms with Crippen molar-refractivity contribution < 1.29 is 28.6 Å². The van der Waals surface area contributed by atoms with Gasteiger partial charge in [0, 0.05) is 20.8 Å². The molecule has 0 saturated heterocycles. The van der Waals surface area contributed by atoms with Crippen molar-refractivity contribution in [2.45, 2.75) is 110 Å². The minimum absolute atomic E-state index is 0. The Morgan fingerprint density at radius 1 is 0.586 bits per heavy atom. The Kier molecular flexibility index (Phi) is 20.0. The van der Waals surface area contributed by atoms with E-state index in [2.05, 4.69) is 9.24 Å². The molecule has 1 atom stereocenters. The number of hydrogen-bond acceptors (Lipinski definition) is 6. The first-order valence-corrected chi connectivity index (χ1v) is 11.4. The maximum absolute atomic E-state index is 11.4. The van der Waals surface area contributed by atoms with E-state index in [0.717, 1.165) is 19.3 Å². The van der Waals surface area contributed by atoms with Gasteiger partial charge in [-0.1, -0.05) is 64.2 Å². The van der Waals surface area contributed by atoms with E-state index in [1.165, 1.54) is 78.3 Å². The maximum atomic E-state index is 11.4. The van der Waals surface area contributed by atoms with Crippen molar-refractivity contribution in [3.63, 3.8) is 0 Å². The van der Waals surface area contributed by atoms with Gasteiger partial charge in [0.15, 0.2) is 0 Å². The lowest BCUT2D eigenvalue weighted by atomic mass is 10.0. The van der Waals surface area contributed by atoms with E-state index in [-0.39, 0.29) is 18.8 Å². The van der Waals surface area contributed by atoms with Crippen LogP contribution < -0.4 is 0 Å². The summed E-state index contributed by atoms with van der Waals surface area (Å²) in [6.07, 6.45) is 15.5. The molecule has 0 aromatic heterocycles. The quantitative estimate of drug-likeness (QED) is 0.121. The van der Waals surface area contributed by atoms with E-state index in [0.29, 0.717) is 6.42 Å². The van der Waals surface area contributed by atoms with Crippen molar-refractivity contribution >= 4 is 39.6 Å². The molecule has 0 aromatic carbocycles. The fraction of sp³-hybridized carbons (Fsp3) is 0.857. The average molecular weight is 455 g/mol. The SMILES string of the molecule is CC(=O)OC(CCCCCCCCCCCCCCP)(OC(C)=O)OC(C)=O.Cl. The Morgan fingerprint density at radius 2 is 0.862 bits per heavy atom. The molecular formula is C21H40ClO6P. The third-order valence-electron chi connectivity index (χ3n) is 4.33. The maximum Gasteiger partial charge on any atom is 0.423 e. The van der Waals surface area contributed by atoms with Crippen LogP contribution in [0.5, 0.6) is 0 Å². The summed E-state index contributed by atoms with van der Waals surface area (Å²) >= 11 is 0. The summed E-state index contributed by atoms with van der Waals surface area (Å²) in [5.41, 5.74) is 0. The Bertz CT molecular complexity index is 418. The van der Waals surface area contributed by atoms with Crippen LogP contribution in [0.3, 0.4) is 0 Å². The molecule has 172 valence electrons. The summed E-state index contributed by atoms with van der Waals surface area (Å²) < 4.78 is 15.1. The fourth-order valence-corrected chi connectivity index (χ4v) is 3.41. The van der Waals surface area contributed by atoms with E-state index in [9.17, 15) is 14.4 Å².